The maximum absolute atomic E-state index is 12.2. The van der Waals surface area contributed by atoms with Gasteiger partial charge in [0.05, 0.1) is 17.5 Å². The topological polar surface area (TPSA) is 84.2 Å². The Bertz CT molecular complexity index is 490. The van der Waals surface area contributed by atoms with Crippen LogP contribution in [0.15, 0.2) is 29.2 Å². The average Bonchev–Trinajstić information content (AvgIpc) is 2.47. The summed E-state index contributed by atoms with van der Waals surface area (Å²) in [6, 6.07) is 7.26. The van der Waals surface area contributed by atoms with Gasteiger partial charge in [-0.25, -0.2) is 0 Å². The molecule has 2 rings (SSSR count). The Hall–Kier alpha value is -1.18. The maximum Gasteiger partial charge on any atom is 0.242 e. The number of para-hydroxylation sites is 1. The monoisotopic (exact) mass is 311 g/mol. The molecule has 1 atom stereocenters. The third kappa shape index (κ3) is 4.43. The van der Waals surface area contributed by atoms with Gasteiger partial charge in [-0.15, -0.1) is 11.8 Å². The second-order valence-corrected chi connectivity index (χ2v) is 6.49. The zero-order valence-corrected chi connectivity index (χ0v) is 12.6. The number of primary amides is 1. The van der Waals surface area contributed by atoms with Crippen molar-refractivity contribution in [2.75, 3.05) is 29.1 Å². The Morgan fingerprint density at radius 2 is 2.25 bits per heavy atom. The lowest BCUT2D eigenvalue weighted by atomic mass is 10.2. The van der Waals surface area contributed by atoms with E-state index in [4.69, 9.17) is 5.73 Å². The third-order valence-electron chi connectivity index (χ3n) is 2.75. The zero-order valence-electron chi connectivity index (χ0n) is 10.9. The van der Waals surface area contributed by atoms with Crippen molar-refractivity contribution < 1.29 is 9.59 Å². The highest BCUT2D eigenvalue weighted by Gasteiger charge is 2.21. The lowest BCUT2D eigenvalue weighted by Crippen LogP contribution is -2.46. The molecule has 1 fully saturated rings. The van der Waals surface area contributed by atoms with Gasteiger partial charge in [0.25, 0.3) is 0 Å². The summed E-state index contributed by atoms with van der Waals surface area (Å²) < 4.78 is 0. The lowest BCUT2D eigenvalue weighted by Gasteiger charge is -2.22. The summed E-state index contributed by atoms with van der Waals surface area (Å²) in [4.78, 5) is 23.9. The van der Waals surface area contributed by atoms with Crippen molar-refractivity contribution in [1.82, 2.24) is 5.32 Å². The van der Waals surface area contributed by atoms with Crippen molar-refractivity contribution in [3.8, 4) is 0 Å². The Morgan fingerprint density at radius 3 is 2.95 bits per heavy atom. The van der Waals surface area contributed by atoms with E-state index in [2.05, 4.69) is 10.6 Å². The van der Waals surface area contributed by atoms with Crippen molar-refractivity contribution >= 4 is 41.0 Å². The molecule has 1 heterocycles. The largest absolute Gasteiger partial charge is 0.369 e. The summed E-state index contributed by atoms with van der Waals surface area (Å²) in [7, 11) is 0. The summed E-state index contributed by atoms with van der Waals surface area (Å²) in [5.41, 5.74) is 5.87. The van der Waals surface area contributed by atoms with Gasteiger partial charge >= 0.3 is 0 Å². The van der Waals surface area contributed by atoms with Crippen LogP contribution in [0.2, 0.25) is 0 Å². The Morgan fingerprint density at radius 1 is 1.45 bits per heavy atom. The third-order valence-corrected chi connectivity index (χ3v) is 4.91. The molecule has 1 aromatic carbocycles. The van der Waals surface area contributed by atoms with E-state index in [9.17, 15) is 9.59 Å². The van der Waals surface area contributed by atoms with Crippen LogP contribution in [0.4, 0.5) is 5.69 Å². The molecule has 2 amide bonds. The molecule has 0 saturated carbocycles. The minimum absolute atomic E-state index is 0.0377. The first-order chi connectivity index (χ1) is 9.66. The van der Waals surface area contributed by atoms with E-state index >= 15 is 0 Å². The molecule has 7 heteroatoms. The van der Waals surface area contributed by atoms with Gasteiger partial charge in [0.2, 0.25) is 11.8 Å². The predicted octanol–water partition coefficient (Wildman–Crippen LogP) is 0.907. The van der Waals surface area contributed by atoms with Crippen molar-refractivity contribution in [2.24, 2.45) is 5.73 Å². The number of nitrogens with two attached hydrogens (primary N) is 1. The van der Waals surface area contributed by atoms with Gasteiger partial charge in [0.15, 0.2) is 0 Å². The van der Waals surface area contributed by atoms with Gasteiger partial charge in [-0.3, -0.25) is 9.59 Å². The fourth-order valence-corrected chi connectivity index (χ4v) is 3.48. The van der Waals surface area contributed by atoms with Crippen LogP contribution in [-0.4, -0.2) is 41.7 Å². The molecule has 1 aliphatic heterocycles. The number of benzene rings is 1. The summed E-state index contributed by atoms with van der Waals surface area (Å²) in [5, 5.41) is 6.11. The molecule has 1 aliphatic rings. The lowest BCUT2D eigenvalue weighted by molar-refractivity contribution is -0.117. The standard InChI is InChI=1S/C13H17N3O2S2/c14-12(17)8-20-11-4-2-1-3-9(11)16-13(18)10-7-19-6-5-15-10/h1-4,10,15H,5-8H2,(H2,14,17)(H,16,18). The minimum Gasteiger partial charge on any atom is -0.369 e. The van der Waals surface area contributed by atoms with E-state index in [1.54, 1.807) is 11.8 Å². The fraction of sp³-hybridized carbons (Fsp3) is 0.385. The molecule has 0 radical (unpaired) electrons. The summed E-state index contributed by atoms with van der Waals surface area (Å²) in [5.74, 6) is 1.60. The van der Waals surface area contributed by atoms with E-state index in [-0.39, 0.29) is 23.6 Å². The Balaban J connectivity index is 2.00. The number of rotatable bonds is 5. The summed E-state index contributed by atoms with van der Waals surface area (Å²) in [6.45, 7) is 0.848. The first kappa shape index (κ1) is 15.2. The molecule has 5 nitrogen and oxygen atoms in total. The van der Waals surface area contributed by atoms with Gasteiger partial charge in [0.1, 0.15) is 0 Å². The number of hydrogen-bond acceptors (Lipinski definition) is 5. The highest BCUT2D eigenvalue weighted by molar-refractivity contribution is 8.00. The maximum atomic E-state index is 12.2. The molecule has 1 saturated heterocycles. The Labute approximate surface area is 126 Å². The number of nitrogens with one attached hydrogen (secondary N) is 2. The first-order valence-corrected chi connectivity index (χ1v) is 8.43. The second-order valence-electron chi connectivity index (χ2n) is 4.32. The number of carbonyl (C=O) groups excluding carboxylic acids is 2. The normalized spacial score (nSPS) is 18.5. The number of carbonyl (C=O) groups is 2. The van der Waals surface area contributed by atoms with Crippen LogP contribution in [0, 0.1) is 0 Å². The molecule has 0 bridgehead atoms. The SMILES string of the molecule is NC(=O)CSc1ccccc1NC(=O)C1CSCCN1. The van der Waals surface area contributed by atoms with Crippen molar-refractivity contribution in [2.45, 2.75) is 10.9 Å². The van der Waals surface area contributed by atoms with E-state index in [1.807, 2.05) is 24.3 Å². The van der Waals surface area contributed by atoms with Gasteiger partial charge in [-0.05, 0) is 12.1 Å². The average molecular weight is 311 g/mol. The molecule has 0 spiro atoms. The molecule has 108 valence electrons. The van der Waals surface area contributed by atoms with Crippen LogP contribution in [0.25, 0.3) is 0 Å². The first-order valence-electron chi connectivity index (χ1n) is 6.29. The number of anilines is 1. The number of thioether (sulfide) groups is 2. The molecule has 0 aromatic heterocycles. The fourth-order valence-electron chi connectivity index (χ4n) is 1.80. The van der Waals surface area contributed by atoms with Crippen LogP contribution in [0.1, 0.15) is 0 Å². The van der Waals surface area contributed by atoms with Gasteiger partial charge < -0.3 is 16.4 Å². The van der Waals surface area contributed by atoms with Gasteiger partial charge in [-0.2, -0.15) is 11.8 Å². The molecule has 20 heavy (non-hydrogen) atoms. The van der Waals surface area contributed by atoms with Gasteiger partial charge in [0, 0.05) is 22.9 Å². The molecule has 0 aliphatic carbocycles. The summed E-state index contributed by atoms with van der Waals surface area (Å²) >= 11 is 3.10. The van der Waals surface area contributed by atoms with Crippen LogP contribution in [-0.2, 0) is 9.59 Å². The van der Waals surface area contributed by atoms with Crippen LogP contribution in [0.5, 0.6) is 0 Å². The van der Waals surface area contributed by atoms with E-state index in [0.717, 1.165) is 28.6 Å². The molecule has 1 unspecified atom stereocenters. The van der Waals surface area contributed by atoms with Crippen LogP contribution in [0.3, 0.4) is 0 Å². The van der Waals surface area contributed by atoms with E-state index < -0.39 is 0 Å². The quantitative estimate of drug-likeness (QED) is 0.704. The van der Waals surface area contributed by atoms with Crippen molar-refractivity contribution in [3.05, 3.63) is 24.3 Å². The highest BCUT2D eigenvalue weighted by atomic mass is 32.2. The van der Waals surface area contributed by atoms with E-state index in [1.165, 1.54) is 11.8 Å². The summed E-state index contributed by atoms with van der Waals surface area (Å²) in [6.07, 6.45) is 0. The molecular formula is C13H17N3O2S2. The highest BCUT2D eigenvalue weighted by Crippen LogP contribution is 2.27. The predicted molar refractivity (Wildman–Crippen MR) is 84.1 cm³/mol. The van der Waals surface area contributed by atoms with Crippen molar-refractivity contribution in [3.63, 3.8) is 0 Å². The van der Waals surface area contributed by atoms with E-state index in [0.29, 0.717) is 0 Å². The smallest absolute Gasteiger partial charge is 0.242 e. The number of amides is 2. The second kappa shape index (κ2) is 7.56. The number of hydrogen-bond donors (Lipinski definition) is 3. The Kier molecular flexibility index (Phi) is 5.75. The van der Waals surface area contributed by atoms with Crippen LogP contribution < -0.4 is 16.4 Å². The minimum atomic E-state index is -0.374. The van der Waals surface area contributed by atoms with Gasteiger partial charge in [-0.1, -0.05) is 12.1 Å². The molecular weight excluding hydrogens is 294 g/mol. The molecule has 4 N–H and O–H groups in total. The molecule has 1 aromatic rings. The van der Waals surface area contributed by atoms with Crippen molar-refractivity contribution in [1.29, 1.82) is 0 Å². The van der Waals surface area contributed by atoms with Crippen LogP contribution >= 0.6 is 23.5 Å². The zero-order chi connectivity index (χ0) is 14.4.